The monoisotopic (exact) mass is 391 g/mol. The lowest BCUT2D eigenvalue weighted by molar-refractivity contribution is -0.115. The Morgan fingerprint density at radius 2 is 1.93 bits per heavy atom. The number of fused-ring (bicyclic) bond motifs is 1. The number of amides is 1. The fourth-order valence-corrected chi connectivity index (χ4v) is 3.12. The summed E-state index contributed by atoms with van der Waals surface area (Å²) in [6.45, 7) is 2.01. The van der Waals surface area contributed by atoms with Crippen molar-refractivity contribution in [3.8, 4) is 11.3 Å². The summed E-state index contributed by atoms with van der Waals surface area (Å²) < 4.78 is 14.5. The van der Waals surface area contributed by atoms with Crippen molar-refractivity contribution in [2.75, 3.05) is 5.32 Å². The molecule has 7 nitrogen and oxygen atoms in total. The Kier molecular flexibility index (Phi) is 4.90. The molecule has 8 heteroatoms. The Bertz CT molecular complexity index is 1240. The highest BCUT2D eigenvalue weighted by atomic mass is 19.1. The molecule has 0 saturated carbocycles. The maximum absolute atomic E-state index is 13.2. The molecular weight excluding hydrogens is 373 g/mol. The summed E-state index contributed by atoms with van der Waals surface area (Å²) >= 11 is 0. The quantitative estimate of drug-likeness (QED) is 0.547. The number of aryl methyl sites for hydroxylation is 1. The van der Waals surface area contributed by atoms with Crippen LogP contribution in [0.4, 0.5) is 10.1 Å². The second-order valence-corrected chi connectivity index (χ2v) is 6.54. The minimum absolute atomic E-state index is 0.0735. The fourth-order valence-electron chi connectivity index (χ4n) is 3.12. The van der Waals surface area contributed by atoms with Gasteiger partial charge in [-0.2, -0.15) is 10.2 Å². The first kappa shape index (κ1) is 18.5. The number of para-hydroxylation sites is 1. The van der Waals surface area contributed by atoms with Crippen LogP contribution in [0, 0.1) is 5.82 Å². The molecule has 0 saturated heterocycles. The first-order valence-corrected chi connectivity index (χ1v) is 9.16. The standard InChI is InChI=1S/C21H18FN5O2/c1-2-13-5-3-4-6-16(13)23-20(28)12-19-24-25-21(29)18-11-17(26-27(18)19)14-7-9-15(22)10-8-14/h3-11H,2,12H2,1H3,(H,23,28)(H,25,29). The Labute approximate surface area is 165 Å². The third kappa shape index (κ3) is 3.77. The zero-order valence-electron chi connectivity index (χ0n) is 15.6. The Morgan fingerprint density at radius 3 is 2.69 bits per heavy atom. The fraction of sp³-hybridized carbons (Fsp3) is 0.143. The molecular formula is C21H18FN5O2. The number of H-pyrrole nitrogens is 1. The van der Waals surface area contributed by atoms with Crippen molar-refractivity contribution in [1.82, 2.24) is 19.8 Å². The number of aromatic nitrogens is 4. The molecule has 1 amide bonds. The average Bonchev–Trinajstić information content (AvgIpc) is 3.18. The van der Waals surface area contributed by atoms with Gasteiger partial charge in [0.1, 0.15) is 11.3 Å². The molecule has 2 aromatic carbocycles. The highest BCUT2D eigenvalue weighted by Gasteiger charge is 2.15. The average molecular weight is 391 g/mol. The second-order valence-electron chi connectivity index (χ2n) is 6.54. The molecule has 2 heterocycles. The van der Waals surface area contributed by atoms with Crippen LogP contribution < -0.4 is 10.9 Å². The predicted octanol–water partition coefficient (Wildman–Crippen LogP) is 2.97. The number of nitrogens with one attached hydrogen (secondary N) is 2. The smallest absolute Gasteiger partial charge is 0.290 e. The number of halogens is 1. The van der Waals surface area contributed by atoms with Crippen LogP contribution in [0.1, 0.15) is 18.3 Å². The summed E-state index contributed by atoms with van der Waals surface area (Å²) in [6, 6.07) is 14.9. The van der Waals surface area contributed by atoms with Gasteiger partial charge in [-0.15, -0.1) is 0 Å². The van der Waals surface area contributed by atoms with Gasteiger partial charge in [-0.3, -0.25) is 9.59 Å². The summed E-state index contributed by atoms with van der Waals surface area (Å²) in [7, 11) is 0. The van der Waals surface area contributed by atoms with Crippen molar-refractivity contribution in [3.05, 3.63) is 82.2 Å². The highest BCUT2D eigenvalue weighted by molar-refractivity contribution is 5.92. The zero-order valence-corrected chi connectivity index (χ0v) is 15.6. The molecule has 0 bridgehead atoms. The lowest BCUT2D eigenvalue weighted by atomic mass is 10.1. The van der Waals surface area contributed by atoms with Crippen molar-refractivity contribution in [2.45, 2.75) is 19.8 Å². The molecule has 0 aliphatic carbocycles. The van der Waals surface area contributed by atoms with E-state index in [1.807, 2.05) is 31.2 Å². The SMILES string of the molecule is CCc1ccccc1NC(=O)Cc1n[nH]c(=O)c2cc(-c3ccc(F)cc3)nn12. The summed E-state index contributed by atoms with van der Waals surface area (Å²) in [5.41, 5.74) is 2.75. The minimum atomic E-state index is -0.425. The molecule has 29 heavy (non-hydrogen) atoms. The first-order valence-electron chi connectivity index (χ1n) is 9.16. The van der Waals surface area contributed by atoms with E-state index in [4.69, 9.17) is 0 Å². The van der Waals surface area contributed by atoms with E-state index < -0.39 is 5.56 Å². The second kappa shape index (κ2) is 7.67. The number of anilines is 1. The maximum atomic E-state index is 13.2. The molecule has 0 aliphatic rings. The molecule has 0 unspecified atom stereocenters. The lowest BCUT2D eigenvalue weighted by Crippen LogP contribution is -2.22. The van der Waals surface area contributed by atoms with Crippen LogP contribution >= 0.6 is 0 Å². The number of hydrogen-bond acceptors (Lipinski definition) is 4. The van der Waals surface area contributed by atoms with E-state index >= 15 is 0 Å². The number of hydrogen-bond donors (Lipinski definition) is 2. The van der Waals surface area contributed by atoms with Gasteiger partial charge in [0.25, 0.3) is 5.56 Å². The summed E-state index contributed by atoms with van der Waals surface area (Å²) in [5, 5.41) is 13.7. The van der Waals surface area contributed by atoms with Crippen LogP contribution in [0.2, 0.25) is 0 Å². The molecule has 0 aliphatic heterocycles. The molecule has 146 valence electrons. The predicted molar refractivity (Wildman–Crippen MR) is 107 cm³/mol. The molecule has 0 spiro atoms. The Hall–Kier alpha value is -3.81. The normalized spacial score (nSPS) is 11.0. The van der Waals surface area contributed by atoms with Crippen LogP contribution in [0.5, 0.6) is 0 Å². The van der Waals surface area contributed by atoms with Crippen molar-refractivity contribution < 1.29 is 9.18 Å². The van der Waals surface area contributed by atoms with Crippen LogP contribution in [-0.4, -0.2) is 25.7 Å². The Morgan fingerprint density at radius 1 is 1.17 bits per heavy atom. The number of aromatic amines is 1. The molecule has 0 atom stereocenters. The van der Waals surface area contributed by atoms with E-state index in [1.165, 1.54) is 16.6 Å². The van der Waals surface area contributed by atoms with Gasteiger partial charge in [0.05, 0.1) is 12.1 Å². The lowest BCUT2D eigenvalue weighted by Gasteiger charge is -2.09. The number of carbonyl (C=O) groups excluding carboxylic acids is 1. The third-order valence-corrected chi connectivity index (χ3v) is 4.60. The van der Waals surface area contributed by atoms with Crippen molar-refractivity contribution >= 4 is 17.1 Å². The zero-order chi connectivity index (χ0) is 20.4. The van der Waals surface area contributed by atoms with E-state index in [-0.39, 0.29) is 23.7 Å². The topological polar surface area (TPSA) is 92.1 Å². The Balaban J connectivity index is 1.65. The number of benzene rings is 2. The minimum Gasteiger partial charge on any atom is -0.325 e. The maximum Gasteiger partial charge on any atom is 0.290 e. The van der Waals surface area contributed by atoms with Crippen LogP contribution in [0.25, 0.3) is 16.8 Å². The molecule has 2 aromatic heterocycles. The number of carbonyl (C=O) groups is 1. The van der Waals surface area contributed by atoms with Gasteiger partial charge in [-0.05, 0) is 48.4 Å². The van der Waals surface area contributed by atoms with E-state index in [0.717, 1.165) is 17.7 Å². The summed E-state index contributed by atoms with van der Waals surface area (Å²) in [5.74, 6) is -0.341. The first-order chi connectivity index (χ1) is 14.0. The largest absolute Gasteiger partial charge is 0.325 e. The van der Waals surface area contributed by atoms with E-state index in [1.54, 1.807) is 18.2 Å². The van der Waals surface area contributed by atoms with Gasteiger partial charge in [0.2, 0.25) is 5.91 Å². The van der Waals surface area contributed by atoms with Gasteiger partial charge in [-0.1, -0.05) is 25.1 Å². The van der Waals surface area contributed by atoms with Crippen LogP contribution in [-0.2, 0) is 17.6 Å². The van der Waals surface area contributed by atoms with Gasteiger partial charge in [0, 0.05) is 11.3 Å². The van der Waals surface area contributed by atoms with Crippen molar-refractivity contribution in [3.63, 3.8) is 0 Å². The molecule has 2 N–H and O–H groups in total. The summed E-state index contributed by atoms with van der Waals surface area (Å²) in [4.78, 5) is 24.7. The molecule has 4 aromatic rings. The van der Waals surface area contributed by atoms with Gasteiger partial charge in [-0.25, -0.2) is 14.0 Å². The van der Waals surface area contributed by atoms with Crippen molar-refractivity contribution in [2.24, 2.45) is 0 Å². The summed E-state index contributed by atoms with van der Waals surface area (Å²) in [6.07, 6.45) is 0.716. The van der Waals surface area contributed by atoms with Crippen molar-refractivity contribution in [1.29, 1.82) is 0 Å². The van der Waals surface area contributed by atoms with Crippen LogP contribution in [0.3, 0.4) is 0 Å². The van der Waals surface area contributed by atoms with Gasteiger partial charge in [0.15, 0.2) is 5.82 Å². The number of nitrogens with zero attached hydrogens (tertiary/aromatic N) is 3. The third-order valence-electron chi connectivity index (χ3n) is 4.60. The highest BCUT2D eigenvalue weighted by Crippen LogP contribution is 2.20. The molecule has 0 radical (unpaired) electrons. The van der Waals surface area contributed by atoms with E-state index in [2.05, 4.69) is 20.6 Å². The number of rotatable bonds is 5. The van der Waals surface area contributed by atoms with Gasteiger partial charge >= 0.3 is 0 Å². The van der Waals surface area contributed by atoms with E-state index in [0.29, 0.717) is 17.1 Å². The molecule has 4 rings (SSSR count). The van der Waals surface area contributed by atoms with Crippen LogP contribution in [0.15, 0.2) is 59.4 Å². The van der Waals surface area contributed by atoms with Gasteiger partial charge < -0.3 is 5.32 Å². The van der Waals surface area contributed by atoms with E-state index in [9.17, 15) is 14.0 Å². The molecule has 0 fully saturated rings.